The Bertz CT molecular complexity index is 257. The summed E-state index contributed by atoms with van der Waals surface area (Å²) < 4.78 is 4.81. The third-order valence-electron chi connectivity index (χ3n) is 2.25. The first kappa shape index (κ1) is 15.8. The Labute approximate surface area is 99.9 Å². The van der Waals surface area contributed by atoms with E-state index in [1.54, 1.807) is 7.11 Å². The number of carbonyl (C=O) groups is 2. The first-order chi connectivity index (χ1) is 7.90. The number of nitrogens with two attached hydrogens (primary N) is 1. The Morgan fingerprint density at radius 2 is 2.06 bits per heavy atom. The van der Waals surface area contributed by atoms with E-state index >= 15 is 0 Å². The average molecular weight is 248 g/mol. The van der Waals surface area contributed by atoms with E-state index in [0.717, 1.165) is 0 Å². The molecular formula is C10H20N2O5. The van der Waals surface area contributed by atoms with Gasteiger partial charge in [0, 0.05) is 13.7 Å². The van der Waals surface area contributed by atoms with Gasteiger partial charge in [0.15, 0.2) is 6.04 Å². The van der Waals surface area contributed by atoms with E-state index < -0.39 is 30.1 Å². The van der Waals surface area contributed by atoms with E-state index in [4.69, 9.17) is 15.6 Å². The van der Waals surface area contributed by atoms with E-state index in [0.29, 0.717) is 19.4 Å². The first-order valence-corrected chi connectivity index (χ1v) is 5.36. The number of carbonyl (C=O) groups excluding carboxylic acids is 1. The third kappa shape index (κ3) is 6.20. The number of carboxylic acid groups (broad SMARTS) is 1. The molecule has 0 aromatic rings. The van der Waals surface area contributed by atoms with Crippen LogP contribution in [0.4, 0.5) is 0 Å². The first-order valence-electron chi connectivity index (χ1n) is 5.36. The maximum atomic E-state index is 11.5. The molecule has 5 N–H and O–H groups in total. The van der Waals surface area contributed by atoms with Crippen LogP contribution in [0.5, 0.6) is 0 Å². The van der Waals surface area contributed by atoms with E-state index in [1.165, 1.54) is 6.92 Å². The van der Waals surface area contributed by atoms with Crippen molar-refractivity contribution in [3.05, 3.63) is 0 Å². The van der Waals surface area contributed by atoms with Gasteiger partial charge < -0.3 is 26.0 Å². The van der Waals surface area contributed by atoms with Gasteiger partial charge in [0.2, 0.25) is 5.91 Å². The van der Waals surface area contributed by atoms with Crippen LogP contribution in [0, 0.1) is 0 Å². The van der Waals surface area contributed by atoms with Gasteiger partial charge in [-0.2, -0.15) is 0 Å². The number of aliphatic hydroxyl groups excluding tert-OH is 1. The van der Waals surface area contributed by atoms with Gasteiger partial charge in [-0.15, -0.1) is 0 Å². The van der Waals surface area contributed by atoms with Crippen molar-refractivity contribution in [1.82, 2.24) is 5.32 Å². The van der Waals surface area contributed by atoms with Gasteiger partial charge >= 0.3 is 5.97 Å². The summed E-state index contributed by atoms with van der Waals surface area (Å²) in [4.78, 5) is 22.2. The van der Waals surface area contributed by atoms with Crippen LogP contribution in [0.25, 0.3) is 0 Å². The molecule has 7 nitrogen and oxygen atoms in total. The van der Waals surface area contributed by atoms with Gasteiger partial charge in [0.05, 0.1) is 12.1 Å². The Morgan fingerprint density at radius 1 is 1.47 bits per heavy atom. The average Bonchev–Trinajstić information content (AvgIpc) is 2.24. The molecule has 0 saturated heterocycles. The molecule has 0 bridgehead atoms. The highest BCUT2D eigenvalue weighted by Crippen LogP contribution is 1.98. The van der Waals surface area contributed by atoms with Crippen LogP contribution in [-0.2, 0) is 14.3 Å². The molecule has 0 spiro atoms. The van der Waals surface area contributed by atoms with Crippen LogP contribution in [-0.4, -0.2) is 54.0 Å². The molecule has 1 unspecified atom stereocenters. The SMILES string of the molecule is COCCCC(N)C(=O)N[C@H](C(=O)O)[C@@H](C)O. The largest absolute Gasteiger partial charge is 0.480 e. The lowest BCUT2D eigenvalue weighted by molar-refractivity contribution is -0.145. The number of carboxylic acids is 1. The number of aliphatic hydroxyl groups is 1. The Hall–Kier alpha value is -1.18. The molecule has 0 fully saturated rings. The van der Waals surface area contributed by atoms with Crippen LogP contribution < -0.4 is 11.1 Å². The summed E-state index contributed by atoms with van der Waals surface area (Å²) in [5.41, 5.74) is 5.56. The number of hydrogen-bond acceptors (Lipinski definition) is 5. The molecule has 0 aromatic carbocycles. The molecule has 0 aliphatic heterocycles. The number of methoxy groups -OCH3 is 1. The van der Waals surface area contributed by atoms with E-state index in [-0.39, 0.29) is 0 Å². The van der Waals surface area contributed by atoms with Crippen molar-refractivity contribution in [3.63, 3.8) is 0 Å². The quantitative estimate of drug-likeness (QED) is 0.396. The molecule has 17 heavy (non-hydrogen) atoms. The van der Waals surface area contributed by atoms with Crippen molar-refractivity contribution >= 4 is 11.9 Å². The molecular weight excluding hydrogens is 228 g/mol. The van der Waals surface area contributed by atoms with Gasteiger partial charge in [-0.25, -0.2) is 4.79 Å². The lowest BCUT2D eigenvalue weighted by atomic mass is 10.1. The molecule has 0 radical (unpaired) electrons. The Kier molecular flexibility index (Phi) is 7.44. The van der Waals surface area contributed by atoms with E-state index in [9.17, 15) is 14.7 Å². The second-order valence-corrected chi connectivity index (χ2v) is 3.81. The highest BCUT2D eigenvalue weighted by Gasteiger charge is 2.26. The summed E-state index contributed by atoms with van der Waals surface area (Å²) in [6.07, 6.45) is -0.175. The van der Waals surface area contributed by atoms with Crippen LogP contribution in [0.2, 0.25) is 0 Å². The molecule has 0 aliphatic rings. The predicted molar refractivity (Wildman–Crippen MR) is 60.3 cm³/mol. The molecule has 1 amide bonds. The molecule has 7 heteroatoms. The van der Waals surface area contributed by atoms with Gasteiger partial charge in [-0.3, -0.25) is 4.79 Å². The molecule has 0 aliphatic carbocycles. The summed E-state index contributed by atoms with van der Waals surface area (Å²) in [6.45, 7) is 1.77. The van der Waals surface area contributed by atoms with Crippen LogP contribution in [0.15, 0.2) is 0 Å². The summed E-state index contributed by atoms with van der Waals surface area (Å²) in [5, 5.41) is 20.1. The highest BCUT2D eigenvalue weighted by molar-refractivity contribution is 5.87. The highest BCUT2D eigenvalue weighted by atomic mass is 16.5. The minimum absolute atomic E-state index is 0.395. The molecule has 0 saturated carbocycles. The maximum Gasteiger partial charge on any atom is 0.328 e. The fourth-order valence-corrected chi connectivity index (χ4v) is 1.23. The van der Waals surface area contributed by atoms with Gasteiger partial charge in [-0.05, 0) is 19.8 Å². The molecule has 0 aromatic heterocycles. The summed E-state index contributed by atoms with van der Waals surface area (Å²) in [5.74, 6) is -1.88. The minimum atomic E-state index is -1.34. The number of ether oxygens (including phenoxy) is 1. The summed E-state index contributed by atoms with van der Waals surface area (Å²) in [6, 6.07) is -2.14. The minimum Gasteiger partial charge on any atom is -0.480 e. The Morgan fingerprint density at radius 3 is 2.47 bits per heavy atom. The van der Waals surface area contributed by atoms with E-state index in [1.807, 2.05) is 0 Å². The molecule has 3 atom stereocenters. The van der Waals surface area contributed by atoms with E-state index in [2.05, 4.69) is 5.32 Å². The van der Waals surface area contributed by atoms with Crippen LogP contribution in [0.3, 0.4) is 0 Å². The molecule has 0 rings (SSSR count). The smallest absolute Gasteiger partial charge is 0.328 e. The third-order valence-corrected chi connectivity index (χ3v) is 2.25. The van der Waals surface area contributed by atoms with Crippen molar-refractivity contribution in [3.8, 4) is 0 Å². The molecule has 0 heterocycles. The fraction of sp³-hybridized carbons (Fsp3) is 0.800. The topological polar surface area (TPSA) is 122 Å². The second-order valence-electron chi connectivity index (χ2n) is 3.81. The van der Waals surface area contributed by atoms with Crippen LogP contribution in [0.1, 0.15) is 19.8 Å². The number of amides is 1. The zero-order valence-electron chi connectivity index (χ0n) is 10.0. The van der Waals surface area contributed by atoms with Crippen molar-refractivity contribution in [1.29, 1.82) is 0 Å². The number of hydrogen-bond donors (Lipinski definition) is 4. The van der Waals surface area contributed by atoms with Crippen molar-refractivity contribution in [2.75, 3.05) is 13.7 Å². The van der Waals surface area contributed by atoms with Gasteiger partial charge in [-0.1, -0.05) is 0 Å². The van der Waals surface area contributed by atoms with Gasteiger partial charge in [0.1, 0.15) is 0 Å². The normalized spacial score (nSPS) is 16.0. The monoisotopic (exact) mass is 248 g/mol. The number of aliphatic carboxylic acids is 1. The lowest BCUT2D eigenvalue weighted by Gasteiger charge is -2.19. The van der Waals surface area contributed by atoms with Gasteiger partial charge in [0.25, 0.3) is 0 Å². The predicted octanol–water partition coefficient (Wildman–Crippen LogP) is -1.31. The summed E-state index contributed by atoms with van der Waals surface area (Å²) >= 11 is 0. The zero-order valence-corrected chi connectivity index (χ0v) is 10.0. The fourth-order valence-electron chi connectivity index (χ4n) is 1.23. The maximum absolute atomic E-state index is 11.5. The van der Waals surface area contributed by atoms with Crippen molar-refractivity contribution < 1.29 is 24.5 Å². The summed E-state index contributed by atoms with van der Waals surface area (Å²) in [7, 11) is 1.54. The van der Waals surface area contributed by atoms with Crippen molar-refractivity contribution in [2.45, 2.75) is 38.0 Å². The zero-order chi connectivity index (χ0) is 13.4. The van der Waals surface area contributed by atoms with Crippen LogP contribution >= 0.6 is 0 Å². The standard InChI is InChI=1S/C10H20N2O5/c1-6(13)8(10(15)16)12-9(14)7(11)4-3-5-17-2/h6-8,13H,3-5,11H2,1-2H3,(H,12,14)(H,15,16)/t6-,7?,8+/m1/s1. The number of rotatable bonds is 8. The second kappa shape index (κ2) is 7.99. The number of nitrogens with one attached hydrogen (secondary N) is 1. The Balaban J connectivity index is 4.16. The lowest BCUT2D eigenvalue weighted by Crippen LogP contribution is -2.52. The van der Waals surface area contributed by atoms with Crippen molar-refractivity contribution in [2.24, 2.45) is 5.73 Å². The molecule has 100 valence electrons.